The molecule has 0 aromatic heterocycles. The number of hydrogen-bond acceptors (Lipinski definition) is 3. The average Bonchev–Trinajstić information content (AvgIpc) is 2.66. The number of anilines is 1. The number of halogens is 4. The molecule has 140 valence electrons. The highest BCUT2D eigenvalue weighted by Gasteiger charge is 2.22. The molecule has 7 heteroatoms. The lowest BCUT2D eigenvalue weighted by atomic mass is 10.2. The van der Waals surface area contributed by atoms with Gasteiger partial charge in [-0.25, -0.2) is 17.6 Å². The van der Waals surface area contributed by atoms with Crippen molar-refractivity contribution in [3.05, 3.63) is 59.7 Å². The van der Waals surface area contributed by atoms with Gasteiger partial charge in [0, 0.05) is 31.1 Å². The van der Waals surface area contributed by atoms with Gasteiger partial charge in [-0.05, 0) is 55.1 Å². The van der Waals surface area contributed by atoms with E-state index in [1.165, 1.54) is 18.2 Å². The molecule has 0 aliphatic carbocycles. The van der Waals surface area contributed by atoms with Crippen LogP contribution in [0.2, 0.25) is 0 Å². The summed E-state index contributed by atoms with van der Waals surface area (Å²) < 4.78 is 53.2. The lowest BCUT2D eigenvalue weighted by Gasteiger charge is -2.36. The molecule has 0 amide bonds. The van der Waals surface area contributed by atoms with Crippen LogP contribution in [0.15, 0.2) is 41.3 Å². The fourth-order valence-electron chi connectivity index (χ4n) is 2.98. The molecule has 1 fully saturated rings. The van der Waals surface area contributed by atoms with Crippen LogP contribution in [0.3, 0.4) is 0 Å². The molecule has 0 saturated carbocycles. The van der Waals surface area contributed by atoms with Crippen LogP contribution >= 0.6 is 11.8 Å². The first-order valence-corrected chi connectivity index (χ1v) is 9.52. The summed E-state index contributed by atoms with van der Waals surface area (Å²) in [6.45, 7) is 3.57. The Morgan fingerprint density at radius 3 is 2.19 bits per heavy atom. The zero-order valence-electron chi connectivity index (χ0n) is 14.2. The van der Waals surface area contributed by atoms with Gasteiger partial charge in [-0.1, -0.05) is 0 Å². The molecule has 1 heterocycles. The number of benzene rings is 2. The van der Waals surface area contributed by atoms with Gasteiger partial charge >= 0.3 is 0 Å². The monoisotopic (exact) mass is 384 g/mol. The van der Waals surface area contributed by atoms with Gasteiger partial charge in [0.2, 0.25) is 0 Å². The van der Waals surface area contributed by atoms with Crippen LogP contribution < -0.4 is 4.90 Å². The number of hydrogen-bond donors (Lipinski definition) is 0. The first-order chi connectivity index (χ1) is 12.5. The minimum Gasteiger partial charge on any atom is -0.367 e. The Bertz CT molecular complexity index is 731. The maximum atomic E-state index is 13.9. The summed E-state index contributed by atoms with van der Waals surface area (Å²) in [5.74, 6) is -2.99. The van der Waals surface area contributed by atoms with Crippen molar-refractivity contribution in [2.75, 3.05) is 43.4 Å². The van der Waals surface area contributed by atoms with Crippen LogP contribution in [0.1, 0.15) is 6.42 Å². The van der Waals surface area contributed by atoms with E-state index >= 15 is 0 Å². The first kappa shape index (κ1) is 19.0. The fraction of sp³-hybridized carbons (Fsp3) is 0.368. The number of nitrogens with zero attached hydrogens (tertiary/aromatic N) is 2. The van der Waals surface area contributed by atoms with Crippen molar-refractivity contribution < 1.29 is 17.6 Å². The zero-order valence-corrected chi connectivity index (χ0v) is 15.0. The van der Waals surface area contributed by atoms with Gasteiger partial charge in [-0.15, -0.1) is 11.8 Å². The molecule has 26 heavy (non-hydrogen) atoms. The quantitative estimate of drug-likeness (QED) is 0.312. The molecule has 0 atom stereocenters. The fourth-order valence-corrected chi connectivity index (χ4v) is 3.82. The Hall–Kier alpha value is -1.73. The second kappa shape index (κ2) is 8.77. The second-order valence-corrected chi connectivity index (χ2v) is 7.35. The SMILES string of the molecule is Fc1ccc(SCCCN2CCN(c3ccc(F)c(F)c3F)CC2)cc1. The third-order valence-corrected chi connectivity index (χ3v) is 5.53. The second-order valence-electron chi connectivity index (χ2n) is 6.18. The molecule has 0 spiro atoms. The van der Waals surface area contributed by atoms with Crippen molar-refractivity contribution >= 4 is 17.4 Å². The van der Waals surface area contributed by atoms with E-state index in [2.05, 4.69) is 4.90 Å². The first-order valence-electron chi connectivity index (χ1n) is 8.54. The molecule has 1 aliphatic heterocycles. The molecule has 2 aromatic carbocycles. The number of rotatable bonds is 6. The van der Waals surface area contributed by atoms with Gasteiger partial charge in [-0.2, -0.15) is 0 Å². The Labute approximate surface area is 154 Å². The van der Waals surface area contributed by atoms with Gasteiger partial charge in [0.05, 0.1) is 5.69 Å². The van der Waals surface area contributed by atoms with Crippen LogP contribution in [-0.2, 0) is 0 Å². The predicted octanol–water partition coefficient (Wildman–Crippen LogP) is 4.55. The largest absolute Gasteiger partial charge is 0.367 e. The van der Waals surface area contributed by atoms with Gasteiger partial charge in [-0.3, -0.25) is 4.90 Å². The molecule has 0 bridgehead atoms. The van der Waals surface area contributed by atoms with Crippen molar-refractivity contribution in [3.63, 3.8) is 0 Å². The van der Waals surface area contributed by atoms with E-state index in [1.807, 2.05) is 0 Å². The normalized spacial score (nSPS) is 15.5. The van der Waals surface area contributed by atoms with Gasteiger partial charge in [0.1, 0.15) is 5.82 Å². The summed E-state index contributed by atoms with van der Waals surface area (Å²) in [6, 6.07) is 8.72. The molecule has 0 N–H and O–H groups in total. The van der Waals surface area contributed by atoms with E-state index in [9.17, 15) is 17.6 Å². The van der Waals surface area contributed by atoms with Crippen LogP contribution in [-0.4, -0.2) is 43.4 Å². The standard InChI is InChI=1S/C19H20F4N2S/c20-14-2-4-15(5-3-14)26-13-1-8-24-9-11-25(12-10-24)17-7-6-16(21)18(22)19(17)23/h2-7H,1,8-13H2. The van der Waals surface area contributed by atoms with Gasteiger partial charge in [0.25, 0.3) is 0 Å². The van der Waals surface area contributed by atoms with E-state index in [0.717, 1.165) is 42.8 Å². The lowest BCUT2D eigenvalue weighted by Crippen LogP contribution is -2.47. The lowest BCUT2D eigenvalue weighted by molar-refractivity contribution is 0.258. The van der Waals surface area contributed by atoms with Gasteiger partial charge < -0.3 is 4.90 Å². The summed E-state index contributed by atoms with van der Waals surface area (Å²) >= 11 is 1.69. The highest BCUT2D eigenvalue weighted by molar-refractivity contribution is 7.99. The summed E-state index contributed by atoms with van der Waals surface area (Å²) in [6.07, 6.45) is 0.988. The van der Waals surface area contributed by atoms with E-state index in [4.69, 9.17) is 0 Å². The Morgan fingerprint density at radius 1 is 0.808 bits per heavy atom. The topological polar surface area (TPSA) is 6.48 Å². The van der Waals surface area contributed by atoms with Crippen LogP contribution in [0, 0.1) is 23.3 Å². The Morgan fingerprint density at radius 2 is 1.50 bits per heavy atom. The van der Waals surface area contributed by atoms with Crippen molar-refractivity contribution in [3.8, 4) is 0 Å². The molecule has 3 rings (SSSR count). The summed E-state index contributed by atoms with van der Waals surface area (Å²) in [4.78, 5) is 5.08. The Kier molecular flexibility index (Phi) is 6.43. The molecule has 2 nitrogen and oxygen atoms in total. The van der Waals surface area contributed by atoms with E-state index in [-0.39, 0.29) is 11.5 Å². The molecule has 1 aliphatic rings. The van der Waals surface area contributed by atoms with E-state index in [0.29, 0.717) is 13.1 Å². The minimum absolute atomic E-state index is 0.121. The molecule has 2 aromatic rings. The summed E-state index contributed by atoms with van der Waals surface area (Å²) in [5, 5.41) is 0. The molecule has 0 unspecified atom stereocenters. The smallest absolute Gasteiger partial charge is 0.196 e. The molecular weight excluding hydrogens is 364 g/mol. The van der Waals surface area contributed by atoms with Gasteiger partial charge in [0.15, 0.2) is 17.5 Å². The van der Waals surface area contributed by atoms with Crippen molar-refractivity contribution in [2.45, 2.75) is 11.3 Å². The minimum atomic E-state index is -1.41. The predicted molar refractivity (Wildman–Crippen MR) is 96.7 cm³/mol. The molecule has 0 radical (unpaired) electrons. The number of thioether (sulfide) groups is 1. The van der Waals surface area contributed by atoms with Crippen molar-refractivity contribution in [1.82, 2.24) is 4.90 Å². The summed E-state index contributed by atoms with van der Waals surface area (Å²) in [7, 11) is 0. The maximum Gasteiger partial charge on any atom is 0.196 e. The maximum absolute atomic E-state index is 13.9. The molecular formula is C19H20F4N2S. The van der Waals surface area contributed by atoms with E-state index < -0.39 is 17.5 Å². The zero-order chi connectivity index (χ0) is 18.5. The van der Waals surface area contributed by atoms with Crippen molar-refractivity contribution in [1.29, 1.82) is 0 Å². The Balaban J connectivity index is 1.41. The third kappa shape index (κ3) is 4.71. The number of piperazine rings is 1. The summed E-state index contributed by atoms with van der Waals surface area (Å²) in [5.41, 5.74) is 0.121. The molecule has 1 saturated heterocycles. The van der Waals surface area contributed by atoms with E-state index in [1.54, 1.807) is 28.8 Å². The van der Waals surface area contributed by atoms with Crippen molar-refractivity contribution in [2.24, 2.45) is 0 Å². The van der Waals surface area contributed by atoms with Crippen LogP contribution in [0.25, 0.3) is 0 Å². The van der Waals surface area contributed by atoms with Crippen LogP contribution in [0.5, 0.6) is 0 Å². The highest BCUT2D eigenvalue weighted by Crippen LogP contribution is 2.25. The third-order valence-electron chi connectivity index (χ3n) is 4.43. The highest BCUT2D eigenvalue weighted by atomic mass is 32.2. The average molecular weight is 384 g/mol. The van der Waals surface area contributed by atoms with Crippen LogP contribution in [0.4, 0.5) is 23.2 Å².